The second kappa shape index (κ2) is 8.62. The largest absolute Gasteiger partial charge is 0.493 e. The summed E-state index contributed by atoms with van der Waals surface area (Å²) in [7, 11) is 1.49. The molecule has 1 amide bonds. The number of hydrogen-bond donors (Lipinski definition) is 1. The van der Waals surface area contributed by atoms with Crippen LogP contribution in [0.25, 0.3) is 0 Å². The summed E-state index contributed by atoms with van der Waals surface area (Å²) in [5.74, 6) is -0.544. The molecule has 1 saturated heterocycles. The van der Waals surface area contributed by atoms with Gasteiger partial charge in [0.25, 0.3) is 5.91 Å². The number of piperidine rings is 1. The van der Waals surface area contributed by atoms with Gasteiger partial charge in [-0.3, -0.25) is 9.59 Å². The molecular formula is C19H26ClNO5. The van der Waals surface area contributed by atoms with Crippen LogP contribution in [0.4, 0.5) is 0 Å². The van der Waals surface area contributed by atoms with E-state index in [-0.39, 0.29) is 18.5 Å². The van der Waals surface area contributed by atoms with Crippen LogP contribution in [0.15, 0.2) is 12.1 Å². The number of benzene rings is 1. The van der Waals surface area contributed by atoms with Crippen molar-refractivity contribution in [3.05, 3.63) is 22.7 Å². The zero-order valence-corrected chi connectivity index (χ0v) is 16.4. The van der Waals surface area contributed by atoms with Gasteiger partial charge in [-0.05, 0) is 37.8 Å². The second-order valence-electron chi connectivity index (χ2n) is 7.11. The van der Waals surface area contributed by atoms with Crippen molar-refractivity contribution in [1.29, 1.82) is 0 Å². The Bertz CT molecular complexity index is 676. The van der Waals surface area contributed by atoms with Crippen LogP contribution in [-0.2, 0) is 4.79 Å². The summed E-state index contributed by atoms with van der Waals surface area (Å²) in [6.07, 6.45) is 1.23. The number of carbonyl (C=O) groups excluding carboxylic acids is 1. The zero-order valence-electron chi connectivity index (χ0n) is 15.6. The third-order valence-electron chi connectivity index (χ3n) is 4.53. The molecule has 2 atom stereocenters. The highest BCUT2D eigenvalue weighted by molar-refractivity contribution is 6.32. The molecule has 1 N–H and O–H groups in total. The van der Waals surface area contributed by atoms with E-state index >= 15 is 0 Å². The maximum absolute atomic E-state index is 13.0. The first-order valence-electron chi connectivity index (χ1n) is 8.78. The topological polar surface area (TPSA) is 76.1 Å². The zero-order chi connectivity index (χ0) is 19.4. The molecule has 0 aliphatic carbocycles. The van der Waals surface area contributed by atoms with Gasteiger partial charge in [0.2, 0.25) is 0 Å². The lowest BCUT2D eigenvalue weighted by Crippen LogP contribution is -2.47. The molecule has 6 nitrogen and oxygen atoms in total. The third kappa shape index (κ3) is 4.61. The minimum absolute atomic E-state index is 0.0280. The summed E-state index contributed by atoms with van der Waals surface area (Å²) < 4.78 is 11.1. The number of rotatable bonds is 6. The molecule has 1 heterocycles. The van der Waals surface area contributed by atoms with Gasteiger partial charge < -0.3 is 19.5 Å². The SMILES string of the molecule is COc1cc(C(=O)N2CC(C(=O)O)CCC2C)cc(Cl)c1OCC(C)C. The van der Waals surface area contributed by atoms with E-state index in [0.29, 0.717) is 47.5 Å². The van der Waals surface area contributed by atoms with Crippen LogP contribution in [0.5, 0.6) is 11.5 Å². The Morgan fingerprint density at radius 1 is 1.35 bits per heavy atom. The highest BCUT2D eigenvalue weighted by Gasteiger charge is 2.33. The van der Waals surface area contributed by atoms with Gasteiger partial charge in [0.05, 0.1) is 24.7 Å². The maximum Gasteiger partial charge on any atom is 0.308 e. The average molecular weight is 384 g/mol. The van der Waals surface area contributed by atoms with Crippen molar-refractivity contribution < 1.29 is 24.2 Å². The molecular weight excluding hydrogens is 358 g/mol. The number of aliphatic carboxylic acids is 1. The lowest BCUT2D eigenvalue weighted by molar-refractivity contribution is -0.143. The number of ether oxygens (including phenoxy) is 2. The van der Waals surface area contributed by atoms with Crippen LogP contribution < -0.4 is 9.47 Å². The van der Waals surface area contributed by atoms with Gasteiger partial charge in [0.15, 0.2) is 11.5 Å². The molecule has 0 bridgehead atoms. The van der Waals surface area contributed by atoms with Crippen molar-refractivity contribution >= 4 is 23.5 Å². The Hall–Kier alpha value is -1.95. The molecule has 26 heavy (non-hydrogen) atoms. The van der Waals surface area contributed by atoms with Crippen LogP contribution >= 0.6 is 11.6 Å². The van der Waals surface area contributed by atoms with Gasteiger partial charge >= 0.3 is 5.97 Å². The number of nitrogens with zero attached hydrogens (tertiary/aromatic N) is 1. The Morgan fingerprint density at radius 2 is 2.04 bits per heavy atom. The Kier molecular flexibility index (Phi) is 6.75. The fourth-order valence-electron chi connectivity index (χ4n) is 2.99. The highest BCUT2D eigenvalue weighted by atomic mass is 35.5. The molecule has 1 fully saturated rings. The van der Waals surface area contributed by atoms with E-state index in [4.69, 9.17) is 21.1 Å². The first-order valence-corrected chi connectivity index (χ1v) is 9.16. The Morgan fingerprint density at radius 3 is 2.62 bits per heavy atom. The molecule has 0 radical (unpaired) electrons. The van der Waals surface area contributed by atoms with E-state index in [9.17, 15) is 14.7 Å². The fraction of sp³-hybridized carbons (Fsp3) is 0.579. The smallest absolute Gasteiger partial charge is 0.308 e. The molecule has 144 valence electrons. The molecule has 1 aromatic rings. The van der Waals surface area contributed by atoms with Gasteiger partial charge in [-0.25, -0.2) is 0 Å². The van der Waals surface area contributed by atoms with Crippen molar-refractivity contribution in [2.45, 2.75) is 39.7 Å². The number of amides is 1. The van der Waals surface area contributed by atoms with Crippen molar-refractivity contribution in [1.82, 2.24) is 4.90 Å². The number of carboxylic acids is 1. The monoisotopic (exact) mass is 383 g/mol. The van der Waals surface area contributed by atoms with Gasteiger partial charge in [-0.2, -0.15) is 0 Å². The quantitative estimate of drug-likeness (QED) is 0.810. The van der Waals surface area contributed by atoms with E-state index < -0.39 is 11.9 Å². The molecule has 0 spiro atoms. The average Bonchev–Trinajstić information content (AvgIpc) is 2.59. The Labute approximate surface area is 159 Å². The van der Waals surface area contributed by atoms with Gasteiger partial charge in [-0.15, -0.1) is 0 Å². The minimum atomic E-state index is -0.872. The van der Waals surface area contributed by atoms with Crippen molar-refractivity contribution in [3.63, 3.8) is 0 Å². The first kappa shape index (κ1) is 20.4. The third-order valence-corrected chi connectivity index (χ3v) is 4.81. The van der Waals surface area contributed by atoms with Gasteiger partial charge in [0.1, 0.15) is 0 Å². The van der Waals surface area contributed by atoms with Crippen LogP contribution in [0.2, 0.25) is 5.02 Å². The lowest BCUT2D eigenvalue weighted by atomic mass is 9.93. The number of hydrogen-bond acceptors (Lipinski definition) is 4. The molecule has 2 rings (SSSR count). The van der Waals surface area contributed by atoms with E-state index in [2.05, 4.69) is 0 Å². The predicted molar refractivity (Wildman–Crippen MR) is 99.2 cm³/mol. The van der Waals surface area contributed by atoms with Crippen LogP contribution in [-0.4, -0.2) is 48.2 Å². The summed E-state index contributed by atoms with van der Waals surface area (Å²) in [4.78, 5) is 25.8. The highest BCUT2D eigenvalue weighted by Crippen LogP contribution is 2.37. The van der Waals surface area contributed by atoms with Crippen molar-refractivity contribution in [3.8, 4) is 11.5 Å². The van der Waals surface area contributed by atoms with E-state index in [1.165, 1.54) is 7.11 Å². The number of carboxylic acid groups (broad SMARTS) is 1. The van der Waals surface area contributed by atoms with Crippen LogP contribution in [0.1, 0.15) is 44.0 Å². The summed E-state index contributed by atoms with van der Waals surface area (Å²) >= 11 is 6.33. The summed E-state index contributed by atoms with van der Waals surface area (Å²) in [6.45, 7) is 6.65. The number of halogens is 1. The maximum atomic E-state index is 13.0. The molecule has 1 aliphatic rings. The molecule has 7 heteroatoms. The minimum Gasteiger partial charge on any atom is -0.493 e. The molecule has 1 aliphatic heterocycles. The molecule has 0 aromatic heterocycles. The summed E-state index contributed by atoms with van der Waals surface area (Å²) in [5, 5.41) is 9.56. The van der Waals surface area contributed by atoms with Gasteiger partial charge in [0, 0.05) is 18.2 Å². The van der Waals surface area contributed by atoms with Crippen molar-refractivity contribution in [2.24, 2.45) is 11.8 Å². The first-order chi connectivity index (χ1) is 12.2. The van der Waals surface area contributed by atoms with Crippen molar-refractivity contribution in [2.75, 3.05) is 20.3 Å². The Balaban J connectivity index is 2.28. The standard InChI is InChI=1S/C19H26ClNO5/c1-11(2)10-26-17-15(20)7-14(8-16(17)25-4)18(22)21-9-13(19(23)24)6-5-12(21)3/h7-8,11-13H,5-6,9-10H2,1-4H3,(H,23,24). The predicted octanol–water partition coefficient (Wildman–Crippen LogP) is 3.71. The second-order valence-corrected chi connectivity index (χ2v) is 7.52. The molecule has 2 unspecified atom stereocenters. The summed E-state index contributed by atoms with van der Waals surface area (Å²) in [6, 6.07) is 3.12. The number of likely N-dealkylation sites (tertiary alicyclic amines) is 1. The van der Waals surface area contributed by atoms with E-state index in [0.717, 1.165) is 0 Å². The van der Waals surface area contributed by atoms with Crippen LogP contribution in [0, 0.1) is 11.8 Å². The molecule has 1 aromatic carbocycles. The lowest BCUT2D eigenvalue weighted by Gasteiger charge is -2.36. The van der Waals surface area contributed by atoms with E-state index in [1.54, 1.807) is 17.0 Å². The van der Waals surface area contributed by atoms with E-state index in [1.807, 2.05) is 20.8 Å². The number of methoxy groups -OCH3 is 1. The fourth-order valence-corrected chi connectivity index (χ4v) is 3.26. The molecule has 0 saturated carbocycles. The summed E-state index contributed by atoms with van der Waals surface area (Å²) in [5.41, 5.74) is 0.363. The normalized spacial score (nSPS) is 20.2. The van der Waals surface area contributed by atoms with Crippen LogP contribution in [0.3, 0.4) is 0 Å². The van der Waals surface area contributed by atoms with Gasteiger partial charge in [-0.1, -0.05) is 25.4 Å². The number of carbonyl (C=O) groups is 2.